The van der Waals surface area contributed by atoms with E-state index in [1.165, 1.54) is 11.1 Å². The van der Waals surface area contributed by atoms with Crippen LogP contribution in [0.1, 0.15) is 32.5 Å². The summed E-state index contributed by atoms with van der Waals surface area (Å²) >= 11 is 0. The molecule has 0 saturated heterocycles. The molecule has 0 bridgehead atoms. The summed E-state index contributed by atoms with van der Waals surface area (Å²) < 4.78 is 2.31. The van der Waals surface area contributed by atoms with Crippen LogP contribution in [0, 0.1) is 0 Å². The first kappa shape index (κ1) is 13.0. The highest BCUT2D eigenvalue weighted by atomic mass is 16.3. The number of benzene rings is 1. The van der Waals surface area contributed by atoms with E-state index < -0.39 is 0 Å². The number of phenols is 1. The third-order valence-corrected chi connectivity index (χ3v) is 3.43. The van der Waals surface area contributed by atoms with Crippen molar-refractivity contribution in [3.8, 4) is 5.75 Å². The van der Waals surface area contributed by atoms with Crippen molar-refractivity contribution in [1.82, 2.24) is 9.88 Å². The highest BCUT2D eigenvalue weighted by Gasteiger charge is 2.13. The van der Waals surface area contributed by atoms with Crippen LogP contribution in [0.5, 0.6) is 5.75 Å². The predicted octanol–water partition coefficient (Wildman–Crippen LogP) is 3.08. The lowest BCUT2D eigenvalue weighted by molar-refractivity contribution is 0.475. The molecule has 0 aliphatic rings. The molecule has 1 unspecified atom stereocenters. The van der Waals surface area contributed by atoms with E-state index in [2.05, 4.69) is 36.7 Å². The smallest absolute Gasteiger partial charge is 0.117 e. The van der Waals surface area contributed by atoms with Gasteiger partial charge in [0.2, 0.25) is 0 Å². The number of rotatable bonds is 4. The summed E-state index contributed by atoms with van der Waals surface area (Å²) in [4.78, 5) is 0. The van der Waals surface area contributed by atoms with Gasteiger partial charge in [-0.25, -0.2) is 0 Å². The minimum Gasteiger partial charge on any atom is -0.508 e. The van der Waals surface area contributed by atoms with Crippen LogP contribution in [0.15, 0.2) is 24.3 Å². The number of aromatic nitrogens is 1. The largest absolute Gasteiger partial charge is 0.508 e. The average molecular weight is 246 g/mol. The highest BCUT2D eigenvalue weighted by Crippen LogP contribution is 2.27. The number of nitrogens with zero attached hydrogens (tertiary/aromatic N) is 1. The number of aromatic hydroxyl groups is 1. The Balaban J connectivity index is 2.55. The van der Waals surface area contributed by atoms with Crippen LogP contribution >= 0.6 is 0 Å². The van der Waals surface area contributed by atoms with Gasteiger partial charge in [-0.3, -0.25) is 0 Å². The Hall–Kier alpha value is -1.48. The van der Waals surface area contributed by atoms with Gasteiger partial charge in [-0.1, -0.05) is 0 Å². The zero-order valence-corrected chi connectivity index (χ0v) is 11.6. The first-order chi connectivity index (χ1) is 8.52. The second-order valence-corrected chi connectivity index (χ2v) is 5.24. The summed E-state index contributed by atoms with van der Waals surface area (Å²) in [7, 11) is 1.98. The molecule has 0 saturated carbocycles. The van der Waals surface area contributed by atoms with Crippen molar-refractivity contribution in [1.29, 1.82) is 0 Å². The van der Waals surface area contributed by atoms with Gasteiger partial charge in [0.1, 0.15) is 5.75 Å². The zero-order chi connectivity index (χ0) is 13.3. The van der Waals surface area contributed by atoms with Crippen molar-refractivity contribution in [2.75, 3.05) is 7.05 Å². The minimum atomic E-state index is 0.329. The molecule has 2 rings (SSSR count). The van der Waals surface area contributed by atoms with E-state index in [4.69, 9.17) is 0 Å². The van der Waals surface area contributed by atoms with Crippen molar-refractivity contribution in [3.63, 3.8) is 0 Å². The fourth-order valence-electron chi connectivity index (χ4n) is 2.45. The first-order valence-electron chi connectivity index (χ1n) is 6.53. The van der Waals surface area contributed by atoms with Gasteiger partial charge >= 0.3 is 0 Å². The lowest BCUT2D eigenvalue weighted by Crippen LogP contribution is -2.25. The van der Waals surface area contributed by atoms with E-state index in [1.807, 2.05) is 19.2 Å². The molecule has 98 valence electrons. The Bertz CT molecular complexity index is 543. The van der Waals surface area contributed by atoms with E-state index >= 15 is 0 Å². The Labute approximate surface area is 108 Å². The monoisotopic (exact) mass is 246 g/mol. The summed E-state index contributed by atoms with van der Waals surface area (Å²) in [6, 6.07) is 8.64. The van der Waals surface area contributed by atoms with Crippen molar-refractivity contribution in [3.05, 3.63) is 30.0 Å². The Kier molecular flexibility index (Phi) is 3.62. The van der Waals surface area contributed by atoms with E-state index in [-0.39, 0.29) is 0 Å². The van der Waals surface area contributed by atoms with Crippen molar-refractivity contribution >= 4 is 10.9 Å². The molecule has 0 radical (unpaired) electrons. The second kappa shape index (κ2) is 5.02. The molecule has 1 heterocycles. The summed E-state index contributed by atoms with van der Waals surface area (Å²) in [5.74, 6) is 0.329. The molecular formula is C15H22N2O. The highest BCUT2D eigenvalue weighted by molar-refractivity contribution is 5.83. The fourth-order valence-corrected chi connectivity index (χ4v) is 2.45. The molecule has 1 aromatic heterocycles. The standard InChI is InChI=1S/C15H22N2O/c1-10(2)17-13(7-11(3)16-4)8-12-5-6-14(18)9-15(12)17/h5-6,8-11,16,18H,7H2,1-4H3. The molecule has 0 spiro atoms. The number of fused-ring (bicyclic) bond motifs is 1. The number of likely N-dealkylation sites (N-methyl/N-ethyl adjacent to an activating group) is 1. The quantitative estimate of drug-likeness (QED) is 0.870. The third-order valence-electron chi connectivity index (χ3n) is 3.43. The van der Waals surface area contributed by atoms with Gasteiger partial charge in [-0.15, -0.1) is 0 Å². The lowest BCUT2D eigenvalue weighted by Gasteiger charge is -2.17. The summed E-state index contributed by atoms with van der Waals surface area (Å²) in [5, 5.41) is 14.1. The lowest BCUT2D eigenvalue weighted by atomic mass is 10.1. The van der Waals surface area contributed by atoms with E-state index in [0.717, 1.165) is 11.9 Å². The van der Waals surface area contributed by atoms with Crippen molar-refractivity contribution < 1.29 is 5.11 Å². The Morgan fingerprint density at radius 3 is 2.56 bits per heavy atom. The van der Waals surface area contributed by atoms with Gasteiger partial charge in [0, 0.05) is 35.7 Å². The Morgan fingerprint density at radius 2 is 1.94 bits per heavy atom. The second-order valence-electron chi connectivity index (χ2n) is 5.24. The fraction of sp³-hybridized carbons (Fsp3) is 0.467. The maximum absolute atomic E-state index is 9.65. The van der Waals surface area contributed by atoms with Crippen LogP contribution in [-0.2, 0) is 6.42 Å². The van der Waals surface area contributed by atoms with Crippen LogP contribution in [0.4, 0.5) is 0 Å². The topological polar surface area (TPSA) is 37.2 Å². The molecular weight excluding hydrogens is 224 g/mol. The van der Waals surface area contributed by atoms with Crippen LogP contribution in [0.25, 0.3) is 10.9 Å². The summed E-state index contributed by atoms with van der Waals surface area (Å²) in [5.41, 5.74) is 2.43. The number of hydrogen-bond donors (Lipinski definition) is 2. The van der Waals surface area contributed by atoms with Crippen LogP contribution in [-0.4, -0.2) is 22.8 Å². The average Bonchev–Trinajstić information content (AvgIpc) is 2.65. The SMILES string of the molecule is CNC(C)Cc1cc2ccc(O)cc2n1C(C)C. The van der Waals surface area contributed by atoms with E-state index in [9.17, 15) is 5.11 Å². The van der Waals surface area contributed by atoms with Gasteiger partial charge in [0.05, 0.1) is 5.52 Å². The molecule has 2 aromatic rings. The normalized spacial score (nSPS) is 13.4. The van der Waals surface area contributed by atoms with Gasteiger partial charge in [0.25, 0.3) is 0 Å². The van der Waals surface area contributed by atoms with Gasteiger partial charge in [-0.05, 0) is 46.0 Å². The molecule has 1 aromatic carbocycles. The van der Waals surface area contributed by atoms with Crippen molar-refractivity contribution in [2.45, 2.75) is 39.3 Å². The third kappa shape index (κ3) is 2.36. The van der Waals surface area contributed by atoms with Crippen LogP contribution < -0.4 is 5.32 Å². The number of nitrogens with one attached hydrogen (secondary N) is 1. The predicted molar refractivity (Wildman–Crippen MR) is 76.2 cm³/mol. The van der Waals surface area contributed by atoms with Gasteiger partial charge in [0.15, 0.2) is 0 Å². The van der Waals surface area contributed by atoms with Gasteiger partial charge in [-0.2, -0.15) is 0 Å². The first-order valence-corrected chi connectivity index (χ1v) is 6.53. The maximum Gasteiger partial charge on any atom is 0.117 e. The number of hydrogen-bond acceptors (Lipinski definition) is 2. The number of phenolic OH excluding ortho intramolecular Hbond substituents is 1. The molecule has 0 amide bonds. The van der Waals surface area contributed by atoms with E-state index in [0.29, 0.717) is 17.8 Å². The molecule has 3 heteroatoms. The van der Waals surface area contributed by atoms with Crippen molar-refractivity contribution in [2.24, 2.45) is 0 Å². The van der Waals surface area contributed by atoms with Crippen LogP contribution in [0.3, 0.4) is 0 Å². The molecule has 0 aliphatic heterocycles. The molecule has 3 nitrogen and oxygen atoms in total. The zero-order valence-electron chi connectivity index (χ0n) is 11.6. The molecule has 1 atom stereocenters. The summed E-state index contributed by atoms with van der Waals surface area (Å²) in [6.07, 6.45) is 0.990. The molecule has 0 aliphatic carbocycles. The maximum atomic E-state index is 9.65. The molecule has 0 fully saturated rings. The minimum absolute atomic E-state index is 0.329. The molecule has 18 heavy (non-hydrogen) atoms. The van der Waals surface area contributed by atoms with E-state index in [1.54, 1.807) is 6.07 Å². The summed E-state index contributed by atoms with van der Waals surface area (Å²) in [6.45, 7) is 6.54. The van der Waals surface area contributed by atoms with Gasteiger partial charge < -0.3 is 15.0 Å². The van der Waals surface area contributed by atoms with Crippen LogP contribution in [0.2, 0.25) is 0 Å². The molecule has 2 N–H and O–H groups in total. The Morgan fingerprint density at radius 1 is 1.22 bits per heavy atom.